The van der Waals surface area contributed by atoms with E-state index in [9.17, 15) is 53.3 Å². The number of carbonyl (C=O) groups is 2. The van der Waals surface area contributed by atoms with Gasteiger partial charge in [0.2, 0.25) is 0 Å². The third-order valence-corrected chi connectivity index (χ3v) is 4.42. The van der Waals surface area contributed by atoms with Crippen LogP contribution >= 0.6 is 0 Å². The largest absolute Gasteiger partial charge is 0.743 e. The summed E-state index contributed by atoms with van der Waals surface area (Å²) in [6.45, 7) is 5.02. The Bertz CT molecular complexity index is 823. The Morgan fingerprint density at radius 2 is 1.59 bits per heavy atom. The molecule has 0 bridgehead atoms. The van der Waals surface area contributed by atoms with Crippen molar-refractivity contribution in [1.29, 1.82) is 0 Å². The molecule has 0 spiro atoms. The Morgan fingerprint density at radius 1 is 1.06 bits per heavy atom. The van der Waals surface area contributed by atoms with Gasteiger partial charge in [0.15, 0.2) is 10.1 Å². The van der Waals surface area contributed by atoms with Gasteiger partial charge in [0, 0.05) is 12.0 Å². The number of unbranched alkanes of at least 4 members (excludes halogenated alkanes) is 1. The molecule has 0 radical (unpaired) electrons. The van der Waals surface area contributed by atoms with Crippen LogP contribution in [-0.4, -0.2) is 61.3 Å². The fraction of sp³-hybridized carbons (Fsp3) is 0.625. The number of halogens is 7. The summed E-state index contributed by atoms with van der Waals surface area (Å²) in [6, 6.07) is 0. The molecule has 186 valence electrons. The van der Waals surface area contributed by atoms with Crippen molar-refractivity contribution in [3.8, 4) is 0 Å². The summed E-state index contributed by atoms with van der Waals surface area (Å²) < 4.78 is 137. The Balaban J connectivity index is 5.51. The monoisotopic (exact) mass is 503 g/mol. The van der Waals surface area contributed by atoms with Gasteiger partial charge in [-0.1, -0.05) is 19.2 Å². The zero-order chi connectivity index (χ0) is 25.6. The van der Waals surface area contributed by atoms with E-state index in [2.05, 4.69) is 27.4 Å². The highest BCUT2D eigenvalue weighted by atomic mass is 32.2. The highest BCUT2D eigenvalue weighted by molar-refractivity contribution is 7.86. The van der Waals surface area contributed by atoms with E-state index in [1.807, 2.05) is 0 Å². The van der Waals surface area contributed by atoms with Gasteiger partial charge in [-0.05, 0) is 19.8 Å². The SMILES string of the molecule is C=CCOC(=O)C(OCCCCC(F)(F)C(F)(F)S(=O)(=O)[O-])(OC(=O)C(=C)C)C(F)(F)F. The molecular formula is C16H18F7O8S-. The summed E-state index contributed by atoms with van der Waals surface area (Å²) in [5.74, 6) is -13.7. The number of hydrogen-bond acceptors (Lipinski definition) is 8. The predicted molar refractivity (Wildman–Crippen MR) is 90.2 cm³/mol. The summed E-state index contributed by atoms with van der Waals surface area (Å²) in [7, 11) is -6.74. The van der Waals surface area contributed by atoms with Crippen LogP contribution in [0, 0.1) is 0 Å². The molecule has 16 heteroatoms. The molecule has 0 amide bonds. The molecule has 0 N–H and O–H groups in total. The lowest BCUT2D eigenvalue weighted by atomic mass is 10.1. The lowest BCUT2D eigenvalue weighted by molar-refractivity contribution is -0.354. The molecule has 1 unspecified atom stereocenters. The van der Waals surface area contributed by atoms with Gasteiger partial charge < -0.3 is 18.8 Å². The number of hydrogen-bond donors (Lipinski definition) is 0. The van der Waals surface area contributed by atoms with Crippen molar-refractivity contribution >= 4 is 22.1 Å². The van der Waals surface area contributed by atoms with Crippen LogP contribution in [0.5, 0.6) is 0 Å². The maximum atomic E-state index is 13.6. The molecule has 0 fully saturated rings. The first-order valence-electron chi connectivity index (χ1n) is 8.35. The van der Waals surface area contributed by atoms with Crippen LogP contribution in [0.2, 0.25) is 0 Å². The summed E-state index contributed by atoms with van der Waals surface area (Å²) in [6.07, 6.45) is -8.78. The average Bonchev–Trinajstić information content (AvgIpc) is 2.62. The number of alkyl halides is 7. The third-order valence-electron chi connectivity index (χ3n) is 3.49. The van der Waals surface area contributed by atoms with Crippen molar-refractivity contribution in [1.82, 2.24) is 0 Å². The van der Waals surface area contributed by atoms with Crippen molar-refractivity contribution in [2.75, 3.05) is 13.2 Å². The van der Waals surface area contributed by atoms with E-state index in [1.165, 1.54) is 0 Å². The van der Waals surface area contributed by atoms with Crippen molar-refractivity contribution in [2.24, 2.45) is 0 Å². The van der Waals surface area contributed by atoms with E-state index in [1.54, 1.807) is 0 Å². The summed E-state index contributed by atoms with van der Waals surface area (Å²) in [5, 5.41) is -5.97. The fourth-order valence-electron chi connectivity index (χ4n) is 1.83. The lowest BCUT2D eigenvalue weighted by Gasteiger charge is -2.32. The van der Waals surface area contributed by atoms with Crippen LogP contribution in [0.4, 0.5) is 30.7 Å². The first-order valence-corrected chi connectivity index (χ1v) is 9.76. The summed E-state index contributed by atoms with van der Waals surface area (Å²) in [5.41, 5.74) is -0.584. The van der Waals surface area contributed by atoms with Crippen molar-refractivity contribution < 1.29 is 67.5 Å². The van der Waals surface area contributed by atoms with Gasteiger partial charge in [0.1, 0.15) is 6.61 Å². The van der Waals surface area contributed by atoms with Gasteiger partial charge in [-0.2, -0.15) is 30.7 Å². The van der Waals surface area contributed by atoms with Gasteiger partial charge >= 0.3 is 35.1 Å². The first-order chi connectivity index (χ1) is 14.3. The molecule has 0 rings (SSSR count). The predicted octanol–water partition coefficient (Wildman–Crippen LogP) is 3.05. The van der Waals surface area contributed by atoms with Crippen molar-refractivity contribution in [3.63, 3.8) is 0 Å². The minimum absolute atomic E-state index is 0.584. The van der Waals surface area contributed by atoms with Crippen LogP contribution in [0.15, 0.2) is 24.8 Å². The smallest absolute Gasteiger partial charge is 0.468 e. The lowest BCUT2D eigenvalue weighted by Crippen LogP contribution is -2.58. The van der Waals surface area contributed by atoms with Crippen LogP contribution < -0.4 is 0 Å². The molecule has 0 saturated heterocycles. The number of rotatable bonds is 13. The van der Waals surface area contributed by atoms with Crippen molar-refractivity contribution in [3.05, 3.63) is 24.8 Å². The topological polar surface area (TPSA) is 119 Å². The molecule has 0 aliphatic carbocycles. The molecule has 1 atom stereocenters. The van der Waals surface area contributed by atoms with Gasteiger partial charge in [0.25, 0.3) is 0 Å². The maximum absolute atomic E-state index is 13.6. The van der Waals surface area contributed by atoms with Gasteiger partial charge in [0.05, 0.1) is 6.61 Å². The third kappa shape index (κ3) is 6.90. The Hall–Kier alpha value is -2.20. The van der Waals surface area contributed by atoms with Gasteiger partial charge in [-0.25, -0.2) is 18.0 Å². The van der Waals surface area contributed by atoms with Crippen molar-refractivity contribution in [2.45, 2.75) is 49.3 Å². The Labute approximate surface area is 177 Å². The molecule has 0 saturated carbocycles. The minimum Gasteiger partial charge on any atom is -0.743 e. The fourth-order valence-corrected chi connectivity index (χ4v) is 2.29. The highest BCUT2D eigenvalue weighted by Gasteiger charge is 2.68. The van der Waals surface area contributed by atoms with Crippen LogP contribution in [-0.2, 0) is 33.9 Å². The molecule has 0 aliphatic heterocycles. The number of ether oxygens (including phenoxy) is 3. The average molecular weight is 503 g/mol. The molecule has 0 aromatic heterocycles. The van der Waals surface area contributed by atoms with Crippen LogP contribution in [0.1, 0.15) is 26.2 Å². The minimum atomic E-state index is -6.74. The zero-order valence-corrected chi connectivity index (χ0v) is 17.2. The van der Waals surface area contributed by atoms with Gasteiger partial charge in [-0.3, -0.25) is 0 Å². The zero-order valence-electron chi connectivity index (χ0n) is 16.3. The van der Waals surface area contributed by atoms with E-state index in [0.29, 0.717) is 0 Å². The molecule has 0 aromatic rings. The van der Waals surface area contributed by atoms with E-state index in [-0.39, 0.29) is 0 Å². The number of esters is 2. The van der Waals surface area contributed by atoms with E-state index in [0.717, 1.165) is 13.0 Å². The van der Waals surface area contributed by atoms with E-state index < -0.39 is 83.2 Å². The van der Waals surface area contributed by atoms with Crippen LogP contribution in [0.25, 0.3) is 0 Å². The van der Waals surface area contributed by atoms with E-state index >= 15 is 0 Å². The molecule has 8 nitrogen and oxygen atoms in total. The quantitative estimate of drug-likeness (QED) is 0.0716. The second-order valence-electron chi connectivity index (χ2n) is 6.15. The molecule has 0 aliphatic rings. The normalized spacial score (nSPS) is 14.9. The Kier molecular flexibility index (Phi) is 9.88. The molecular weight excluding hydrogens is 485 g/mol. The second-order valence-corrected chi connectivity index (χ2v) is 7.57. The highest BCUT2D eigenvalue weighted by Crippen LogP contribution is 2.42. The molecule has 32 heavy (non-hydrogen) atoms. The number of carbonyl (C=O) groups excluding carboxylic acids is 2. The second kappa shape index (κ2) is 10.6. The summed E-state index contributed by atoms with van der Waals surface area (Å²) in [4.78, 5) is 23.6. The van der Waals surface area contributed by atoms with E-state index in [4.69, 9.17) is 0 Å². The van der Waals surface area contributed by atoms with Crippen LogP contribution in [0.3, 0.4) is 0 Å². The Morgan fingerprint density at radius 3 is 2.00 bits per heavy atom. The van der Waals surface area contributed by atoms with Gasteiger partial charge in [-0.15, -0.1) is 0 Å². The maximum Gasteiger partial charge on any atom is 0.468 e. The first kappa shape index (κ1) is 29.8. The summed E-state index contributed by atoms with van der Waals surface area (Å²) >= 11 is 0. The standard InChI is InChI=1S/C16H19F7O8S/c1-4-8-29-12(25)14(15(19,20)21,31-11(24)10(2)3)30-9-6-5-7-13(17,18)16(22,23)32(26,27)28/h4H,1-2,5-9H2,3H3,(H,26,27,28)/p-1. The molecule has 0 aromatic carbocycles. The molecule has 0 heterocycles.